The molecule has 0 atom stereocenters. The summed E-state index contributed by atoms with van der Waals surface area (Å²) in [6.45, 7) is 6.76. The van der Waals surface area contributed by atoms with E-state index < -0.39 is 0 Å². The summed E-state index contributed by atoms with van der Waals surface area (Å²) in [6, 6.07) is 7.60. The summed E-state index contributed by atoms with van der Waals surface area (Å²) < 4.78 is 19.2. The Morgan fingerprint density at radius 3 is 2.71 bits per heavy atom. The molecule has 0 saturated heterocycles. The molecule has 0 bridgehead atoms. The Bertz CT molecular complexity index is 626. The third-order valence-electron chi connectivity index (χ3n) is 3.34. The Morgan fingerprint density at radius 1 is 1.29 bits per heavy atom. The fourth-order valence-corrected chi connectivity index (χ4v) is 2.07. The van der Waals surface area contributed by atoms with Crippen LogP contribution in [0.5, 0.6) is 11.6 Å². The molecule has 3 nitrogen and oxygen atoms in total. The Labute approximate surface area is 125 Å². The molecular weight excluding hydrogens is 267 g/mol. The Kier molecular flexibility index (Phi) is 4.91. The normalized spacial score (nSPS) is 11.0. The number of rotatable bonds is 5. The molecule has 0 aliphatic carbocycles. The smallest absolute Gasteiger partial charge is 0.223 e. The topological polar surface area (TPSA) is 34.2 Å². The lowest BCUT2D eigenvalue weighted by atomic mass is 10.0. The SMILES string of the molecule is CNCc1cc(F)cnc1Oc1cc(C(C)C)ccc1C. The summed E-state index contributed by atoms with van der Waals surface area (Å²) in [7, 11) is 1.80. The average Bonchev–Trinajstić information content (AvgIpc) is 2.44. The minimum absolute atomic E-state index is 0.361. The molecule has 0 spiro atoms. The van der Waals surface area contributed by atoms with Crippen molar-refractivity contribution in [1.82, 2.24) is 10.3 Å². The molecule has 0 saturated carbocycles. The predicted octanol–water partition coefficient (Wildman–Crippen LogP) is 4.16. The maximum atomic E-state index is 13.3. The van der Waals surface area contributed by atoms with E-state index in [-0.39, 0.29) is 5.82 Å². The predicted molar refractivity (Wildman–Crippen MR) is 82.3 cm³/mol. The molecule has 0 unspecified atom stereocenters. The lowest BCUT2D eigenvalue weighted by Crippen LogP contribution is -2.08. The average molecular weight is 288 g/mol. The maximum absolute atomic E-state index is 13.3. The van der Waals surface area contributed by atoms with Gasteiger partial charge in [0, 0.05) is 12.1 Å². The number of nitrogens with zero attached hydrogens (tertiary/aromatic N) is 1. The summed E-state index contributed by atoms with van der Waals surface area (Å²) in [6.07, 6.45) is 1.18. The summed E-state index contributed by atoms with van der Waals surface area (Å²) in [5, 5.41) is 2.99. The second kappa shape index (κ2) is 6.68. The first kappa shape index (κ1) is 15.4. The first-order valence-electron chi connectivity index (χ1n) is 7.08. The molecular formula is C17H21FN2O. The molecule has 1 heterocycles. The van der Waals surface area contributed by atoms with Gasteiger partial charge in [-0.1, -0.05) is 26.0 Å². The molecule has 21 heavy (non-hydrogen) atoms. The number of halogens is 1. The second-order valence-electron chi connectivity index (χ2n) is 5.43. The molecule has 0 fully saturated rings. The van der Waals surface area contributed by atoms with Gasteiger partial charge < -0.3 is 10.1 Å². The van der Waals surface area contributed by atoms with Crippen molar-refractivity contribution in [2.24, 2.45) is 0 Å². The standard InChI is InChI=1S/C17H21FN2O/c1-11(2)13-6-5-12(3)16(8-13)21-17-14(9-19-4)7-15(18)10-20-17/h5-8,10-11,19H,9H2,1-4H3. The molecule has 1 aromatic heterocycles. The summed E-state index contributed by atoms with van der Waals surface area (Å²) >= 11 is 0. The van der Waals surface area contributed by atoms with Crippen LogP contribution in [0.15, 0.2) is 30.5 Å². The molecule has 2 rings (SSSR count). The minimum atomic E-state index is -0.361. The fraction of sp³-hybridized carbons (Fsp3) is 0.353. The van der Waals surface area contributed by atoms with Gasteiger partial charge in [-0.3, -0.25) is 0 Å². The number of benzene rings is 1. The van der Waals surface area contributed by atoms with E-state index in [1.165, 1.54) is 17.8 Å². The van der Waals surface area contributed by atoms with Crippen LogP contribution in [0, 0.1) is 12.7 Å². The van der Waals surface area contributed by atoms with Crippen LogP contribution in [-0.4, -0.2) is 12.0 Å². The summed E-state index contributed by atoms with van der Waals surface area (Å²) in [5.41, 5.74) is 2.93. The van der Waals surface area contributed by atoms with Crippen LogP contribution in [0.3, 0.4) is 0 Å². The van der Waals surface area contributed by atoms with Crippen molar-refractivity contribution in [3.8, 4) is 11.6 Å². The number of hydrogen-bond donors (Lipinski definition) is 1. The van der Waals surface area contributed by atoms with E-state index in [0.717, 1.165) is 11.3 Å². The summed E-state index contributed by atoms with van der Waals surface area (Å²) in [5.74, 6) is 1.26. The lowest BCUT2D eigenvalue weighted by molar-refractivity contribution is 0.446. The molecule has 0 aliphatic heterocycles. The molecule has 0 radical (unpaired) electrons. The second-order valence-corrected chi connectivity index (χ2v) is 5.43. The Balaban J connectivity index is 2.35. The molecule has 0 amide bonds. The van der Waals surface area contributed by atoms with Crippen LogP contribution >= 0.6 is 0 Å². The van der Waals surface area contributed by atoms with Crippen molar-refractivity contribution >= 4 is 0 Å². The van der Waals surface area contributed by atoms with Crippen molar-refractivity contribution in [2.45, 2.75) is 33.2 Å². The number of hydrogen-bond acceptors (Lipinski definition) is 3. The van der Waals surface area contributed by atoms with Gasteiger partial charge >= 0.3 is 0 Å². The number of aromatic nitrogens is 1. The minimum Gasteiger partial charge on any atom is -0.438 e. The fourth-order valence-electron chi connectivity index (χ4n) is 2.07. The highest BCUT2D eigenvalue weighted by Gasteiger charge is 2.11. The van der Waals surface area contributed by atoms with Crippen molar-refractivity contribution in [3.63, 3.8) is 0 Å². The highest BCUT2D eigenvalue weighted by molar-refractivity contribution is 5.41. The first-order chi connectivity index (χ1) is 10.0. The van der Waals surface area contributed by atoms with Crippen molar-refractivity contribution < 1.29 is 9.13 Å². The van der Waals surface area contributed by atoms with Gasteiger partial charge in [-0.15, -0.1) is 0 Å². The quantitative estimate of drug-likeness (QED) is 0.897. The van der Waals surface area contributed by atoms with E-state index in [0.29, 0.717) is 23.9 Å². The zero-order valence-electron chi connectivity index (χ0n) is 12.9. The highest BCUT2D eigenvalue weighted by Crippen LogP contribution is 2.29. The maximum Gasteiger partial charge on any atom is 0.223 e. The van der Waals surface area contributed by atoms with Crippen LogP contribution in [0.2, 0.25) is 0 Å². The third kappa shape index (κ3) is 3.79. The van der Waals surface area contributed by atoms with Crippen LogP contribution in [0.4, 0.5) is 4.39 Å². The van der Waals surface area contributed by atoms with Gasteiger partial charge in [0.2, 0.25) is 5.88 Å². The number of ether oxygens (including phenoxy) is 1. The van der Waals surface area contributed by atoms with E-state index >= 15 is 0 Å². The van der Waals surface area contributed by atoms with Gasteiger partial charge in [-0.25, -0.2) is 9.37 Å². The van der Waals surface area contributed by atoms with Crippen molar-refractivity contribution in [2.75, 3.05) is 7.05 Å². The molecule has 2 aromatic rings. The zero-order valence-corrected chi connectivity index (χ0v) is 12.9. The third-order valence-corrected chi connectivity index (χ3v) is 3.34. The van der Waals surface area contributed by atoms with Crippen LogP contribution in [0.1, 0.15) is 36.5 Å². The zero-order chi connectivity index (χ0) is 15.4. The van der Waals surface area contributed by atoms with Crippen LogP contribution in [0.25, 0.3) is 0 Å². The van der Waals surface area contributed by atoms with Gasteiger partial charge in [0.1, 0.15) is 11.6 Å². The van der Waals surface area contributed by atoms with Crippen LogP contribution < -0.4 is 10.1 Å². The van der Waals surface area contributed by atoms with Crippen LogP contribution in [-0.2, 0) is 6.54 Å². The van der Waals surface area contributed by atoms with E-state index in [1.807, 2.05) is 19.1 Å². The van der Waals surface area contributed by atoms with Gasteiger partial charge in [0.25, 0.3) is 0 Å². The molecule has 112 valence electrons. The van der Waals surface area contributed by atoms with Crippen molar-refractivity contribution in [1.29, 1.82) is 0 Å². The van der Waals surface area contributed by atoms with E-state index in [4.69, 9.17) is 4.74 Å². The first-order valence-corrected chi connectivity index (χ1v) is 7.08. The van der Waals surface area contributed by atoms with E-state index in [9.17, 15) is 4.39 Å². The van der Waals surface area contributed by atoms with E-state index in [2.05, 4.69) is 30.2 Å². The highest BCUT2D eigenvalue weighted by atomic mass is 19.1. The largest absolute Gasteiger partial charge is 0.438 e. The monoisotopic (exact) mass is 288 g/mol. The van der Waals surface area contributed by atoms with Gasteiger partial charge in [0.15, 0.2) is 0 Å². The van der Waals surface area contributed by atoms with Crippen molar-refractivity contribution in [3.05, 3.63) is 53.0 Å². The number of nitrogens with one attached hydrogen (secondary N) is 1. The number of aryl methyl sites for hydroxylation is 1. The summed E-state index contributed by atoms with van der Waals surface area (Å²) in [4.78, 5) is 4.07. The van der Waals surface area contributed by atoms with Gasteiger partial charge in [0.05, 0.1) is 6.20 Å². The van der Waals surface area contributed by atoms with E-state index in [1.54, 1.807) is 7.05 Å². The Hall–Kier alpha value is -1.94. The van der Waals surface area contributed by atoms with Gasteiger partial charge in [-0.2, -0.15) is 0 Å². The lowest BCUT2D eigenvalue weighted by Gasteiger charge is -2.14. The van der Waals surface area contributed by atoms with Gasteiger partial charge in [-0.05, 0) is 43.1 Å². The Morgan fingerprint density at radius 2 is 2.05 bits per heavy atom. The molecule has 4 heteroatoms. The molecule has 0 aliphatic rings. The molecule has 1 aromatic carbocycles. The number of pyridine rings is 1. The molecule has 1 N–H and O–H groups in total.